The molecule has 0 aromatic heterocycles. The molecule has 2 heterocycles. The second-order valence-corrected chi connectivity index (χ2v) is 7.49. The van der Waals surface area contributed by atoms with Gasteiger partial charge in [-0.2, -0.15) is 0 Å². The van der Waals surface area contributed by atoms with Gasteiger partial charge in [0.25, 0.3) is 11.8 Å². The Bertz CT molecular complexity index is 788. The zero-order valence-corrected chi connectivity index (χ0v) is 16.9. The molecule has 27 heavy (non-hydrogen) atoms. The van der Waals surface area contributed by atoms with Crippen molar-refractivity contribution < 1.29 is 9.59 Å². The highest BCUT2D eigenvalue weighted by Gasteiger charge is 2.32. The summed E-state index contributed by atoms with van der Waals surface area (Å²) in [6.07, 6.45) is 6.83. The van der Waals surface area contributed by atoms with Gasteiger partial charge in [0.15, 0.2) is 5.11 Å². The smallest absolute Gasteiger partial charge is 0.265 e. The predicted octanol–water partition coefficient (Wildman–Crippen LogP) is 3.28. The number of carbonyl (C=O) groups is 2. The molecule has 0 radical (unpaired) electrons. The monoisotopic (exact) mass is 385 g/mol. The number of nitrogens with zero attached hydrogens (tertiary/aromatic N) is 2. The third kappa shape index (κ3) is 4.21. The Kier molecular flexibility index (Phi) is 6.26. The number of anilines is 1. The molecule has 0 unspecified atom stereocenters. The third-order valence-electron chi connectivity index (χ3n) is 5.05. The average Bonchev–Trinajstić information content (AvgIpc) is 2.65. The standard InChI is InChI=1S/C21H27N3O2S/c1-3-5-12-24-20(26)17(19(25)22-21(24)27)13-15-8-9-16-7-6-11-23(10-4-2)18(16)14-15/h8-9,13-14H,3-7,10-12H2,1-2H3,(H,22,25,27)/b17-13-. The van der Waals surface area contributed by atoms with Crippen LogP contribution in [0.1, 0.15) is 50.7 Å². The van der Waals surface area contributed by atoms with Crippen molar-refractivity contribution in [1.29, 1.82) is 0 Å². The Morgan fingerprint density at radius 3 is 2.74 bits per heavy atom. The van der Waals surface area contributed by atoms with Crippen LogP contribution < -0.4 is 10.2 Å². The van der Waals surface area contributed by atoms with Gasteiger partial charge in [-0.3, -0.25) is 19.8 Å². The van der Waals surface area contributed by atoms with E-state index in [0.29, 0.717) is 6.54 Å². The molecule has 1 saturated heterocycles. The minimum atomic E-state index is -0.416. The molecule has 2 aliphatic heterocycles. The Morgan fingerprint density at radius 2 is 2.00 bits per heavy atom. The maximum Gasteiger partial charge on any atom is 0.265 e. The number of amides is 2. The highest BCUT2D eigenvalue weighted by Crippen LogP contribution is 2.29. The van der Waals surface area contributed by atoms with Crippen LogP contribution in [-0.4, -0.2) is 41.5 Å². The maximum absolute atomic E-state index is 12.8. The van der Waals surface area contributed by atoms with Crippen molar-refractivity contribution in [3.8, 4) is 0 Å². The summed E-state index contributed by atoms with van der Waals surface area (Å²) in [5.74, 6) is -0.721. The van der Waals surface area contributed by atoms with E-state index >= 15 is 0 Å². The number of nitrogens with one attached hydrogen (secondary N) is 1. The van der Waals surface area contributed by atoms with Gasteiger partial charge in [0, 0.05) is 25.3 Å². The second kappa shape index (κ2) is 8.65. The molecule has 1 aromatic carbocycles. The Labute approximate surface area is 166 Å². The van der Waals surface area contributed by atoms with Crippen molar-refractivity contribution in [2.45, 2.75) is 46.0 Å². The maximum atomic E-state index is 12.8. The minimum absolute atomic E-state index is 0.150. The van der Waals surface area contributed by atoms with Crippen molar-refractivity contribution in [1.82, 2.24) is 10.2 Å². The molecule has 2 aliphatic rings. The molecule has 0 saturated carbocycles. The highest BCUT2D eigenvalue weighted by atomic mass is 32.1. The molecule has 1 fully saturated rings. The number of fused-ring (bicyclic) bond motifs is 1. The third-order valence-corrected chi connectivity index (χ3v) is 5.37. The summed E-state index contributed by atoms with van der Waals surface area (Å²) in [5, 5.41) is 2.85. The van der Waals surface area contributed by atoms with Crippen LogP contribution in [0, 0.1) is 0 Å². The molecular formula is C21H27N3O2S. The largest absolute Gasteiger partial charge is 0.371 e. The first kappa shape index (κ1) is 19.5. The summed E-state index contributed by atoms with van der Waals surface area (Å²) in [6, 6.07) is 6.21. The summed E-state index contributed by atoms with van der Waals surface area (Å²) in [6.45, 7) is 6.84. The highest BCUT2D eigenvalue weighted by molar-refractivity contribution is 7.80. The van der Waals surface area contributed by atoms with Gasteiger partial charge in [-0.05, 0) is 61.2 Å². The fourth-order valence-electron chi connectivity index (χ4n) is 3.64. The van der Waals surface area contributed by atoms with Crippen LogP contribution >= 0.6 is 12.2 Å². The quantitative estimate of drug-likeness (QED) is 0.464. The first-order valence-electron chi connectivity index (χ1n) is 9.82. The van der Waals surface area contributed by atoms with E-state index in [1.165, 1.54) is 16.2 Å². The van der Waals surface area contributed by atoms with Gasteiger partial charge in [-0.1, -0.05) is 32.4 Å². The van der Waals surface area contributed by atoms with E-state index in [-0.39, 0.29) is 16.6 Å². The zero-order chi connectivity index (χ0) is 19.4. The number of hydrogen-bond donors (Lipinski definition) is 1. The summed E-state index contributed by atoms with van der Waals surface area (Å²) in [5.41, 5.74) is 3.58. The van der Waals surface area contributed by atoms with Gasteiger partial charge in [0.05, 0.1) is 0 Å². The first-order valence-corrected chi connectivity index (χ1v) is 10.2. The summed E-state index contributed by atoms with van der Waals surface area (Å²) in [4.78, 5) is 29.1. The molecular weight excluding hydrogens is 358 g/mol. The van der Waals surface area contributed by atoms with E-state index in [1.807, 2.05) is 6.07 Å². The van der Waals surface area contributed by atoms with E-state index in [4.69, 9.17) is 12.2 Å². The summed E-state index contributed by atoms with van der Waals surface area (Å²) < 4.78 is 0. The number of rotatable bonds is 6. The summed E-state index contributed by atoms with van der Waals surface area (Å²) in [7, 11) is 0. The lowest BCUT2D eigenvalue weighted by molar-refractivity contribution is -0.128. The van der Waals surface area contributed by atoms with Crippen LogP contribution in [0.25, 0.3) is 6.08 Å². The first-order chi connectivity index (χ1) is 13.0. The lowest BCUT2D eigenvalue weighted by Gasteiger charge is -2.31. The zero-order valence-electron chi connectivity index (χ0n) is 16.1. The average molecular weight is 386 g/mol. The molecule has 0 atom stereocenters. The number of hydrogen-bond acceptors (Lipinski definition) is 4. The molecule has 144 valence electrons. The number of benzene rings is 1. The normalized spacial score (nSPS) is 18.7. The van der Waals surface area contributed by atoms with Gasteiger partial charge in [0.1, 0.15) is 5.57 Å². The molecule has 2 amide bonds. The van der Waals surface area contributed by atoms with Crippen LogP contribution in [0.5, 0.6) is 0 Å². The molecule has 1 N–H and O–H groups in total. The topological polar surface area (TPSA) is 52.7 Å². The van der Waals surface area contributed by atoms with Crippen molar-refractivity contribution >= 4 is 40.9 Å². The van der Waals surface area contributed by atoms with Gasteiger partial charge in [-0.15, -0.1) is 0 Å². The SMILES string of the molecule is CCCCN1C(=O)/C(=C\c2ccc3c(c2)N(CCC)CCC3)C(=O)NC1=S. The van der Waals surface area contributed by atoms with Crippen molar-refractivity contribution in [3.05, 3.63) is 34.9 Å². The van der Waals surface area contributed by atoms with Gasteiger partial charge in [-0.25, -0.2) is 0 Å². The number of thiocarbonyl (C=S) groups is 1. The van der Waals surface area contributed by atoms with Gasteiger partial charge in [0.2, 0.25) is 0 Å². The number of carbonyl (C=O) groups excluding carboxylic acids is 2. The fourth-order valence-corrected chi connectivity index (χ4v) is 3.91. The Morgan fingerprint density at radius 1 is 1.19 bits per heavy atom. The van der Waals surface area contributed by atoms with E-state index in [2.05, 4.69) is 36.2 Å². The van der Waals surface area contributed by atoms with Crippen molar-refractivity contribution in [2.24, 2.45) is 0 Å². The van der Waals surface area contributed by atoms with Crippen LogP contribution in [0.3, 0.4) is 0 Å². The van der Waals surface area contributed by atoms with Crippen LogP contribution in [0.15, 0.2) is 23.8 Å². The van der Waals surface area contributed by atoms with Crippen molar-refractivity contribution in [2.75, 3.05) is 24.5 Å². The number of aryl methyl sites for hydroxylation is 1. The van der Waals surface area contributed by atoms with Crippen molar-refractivity contribution in [3.63, 3.8) is 0 Å². The van der Waals surface area contributed by atoms with Crippen LogP contribution in [-0.2, 0) is 16.0 Å². The molecule has 1 aromatic rings. The molecule has 6 heteroatoms. The van der Waals surface area contributed by atoms with E-state index in [9.17, 15) is 9.59 Å². The predicted molar refractivity (Wildman–Crippen MR) is 113 cm³/mol. The molecule has 0 aliphatic carbocycles. The van der Waals surface area contributed by atoms with Gasteiger partial charge >= 0.3 is 0 Å². The lowest BCUT2D eigenvalue weighted by Crippen LogP contribution is -2.54. The lowest BCUT2D eigenvalue weighted by atomic mass is 9.98. The minimum Gasteiger partial charge on any atom is -0.371 e. The van der Waals surface area contributed by atoms with E-state index < -0.39 is 5.91 Å². The Hall–Kier alpha value is -2.21. The van der Waals surface area contributed by atoms with Crippen LogP contribution in [0.4, 0.5) is 5.69 Å². The van der Waals surface area contributed by atoms with Crippen LogP contribution in [0.2, 0.25) is 0 Å². The van der Waals surface area contributed by atoms with E-state index in [1.54, 1.807) is 6.08 Å². The fraction of sp³-hybridized carbons (Fsp3) is 0.476. The second-order valence-electron chi connectivity index (χ2n) is 7.11. The molecule has 3 rings (SSSR count). The van der Waals surface area contributed by atoms with E-state index in [0.717, 1.165) is 50.8 Å². The Balaban J connectivity index is 1.90. The molecule has 0 bridgehead atoms. The molecule has 0 spiro atoms. The number of unbranched alkanes of at least 4 members (excludes halogenated alkanes) is 1. The molecule has 5 nitrogen and oxygen atoms in total. The van der Waals surface area contributed by atoms with Gasteiger partial charge < -0.3 is 4.90 Å². The summed E-state index contributed by atoms with van der Waals surface area (Å²) >= 11 is 5.18.